The molecule has 0 aliphatic carbocycles. The lowest BCUT2D eigenvalue weighted by Gasteiger charge is -2.19. The Morgan fingerprint density at radius 2 is 1.64 bits per heavy atom. The number of anilines is 1. The van der Waals surface area contributed by atoms with E-state index in [1.165, 1.54) is 10.5 Å². The molecule has 2 aromatic carbocycles. The number of hydrogen-bond acceptors (Lipinski definition) is 4. The minimum absolute atomic E-state index is 0.0377. The molecular formula is C28H36N2O3. The summed E-state index contributed by atoms with van der Waals surface area (Å²) >= 11 is 0. The van der Waals surface area contributed by atoms with Gasteiger partial charge in [-0.15, -0.1) is 0 Å². The summed E-state index contributed by atoms with van der Waals surface area (Å²) < 4.78 is 5.60. The highest BCUT2D eigenvalue weighted by Gasteiger charge is 2.39. The Kier molecular flexibility index (Phi) is 7.43. The van der Waals surface area contributed by atoms with E-state index in [9.17, 15) is 9.59 Å². The number of benzene rings is 2. The van der Waals surface area contributed by atoms with Gasteiger partial charge in [0, 0.05) is 18.8 Å². The van der Waals surface area contributed by atoms with Crippen LogP contribution in [0, 0.1) is 13.8 Å². The van der Waals surface area contributed by atoms with E-state index in [4.69, 9.17) is 4.74 Å². The molecule has 1 heterocycles. The van der Waals surface area contributed by atoms with Gasteiger partial charge in [0.25, 0.3) is 11.8 Å². The van der Waals surface area contributed by atoms with Gasteiger partial charge in [0.15, 0.2) is 0 Å². The Labute approximate surface area is 197 Å². The van der Waals surface area contributed by atoms with Crippen LogP contribution in [0.1, 0.15) is 63.3 Å². The fraction of sp³-hybridized carbons (Fsp3) is 0.429. The minimum atomic E-state index is -0.292. The molecule has 5 nitrogen and oxygen atoms in total. The van der Waals surface area contributed by atoms with Gasteiger partial charge in [-0.2, -0.15) is 0 Å². The Bertz CT molecular complexity index is 1060. The Hall–Kier alpha value is -2.92. The topological polar surface area (TPSA) is 58.6 Å². The van der Waals surface area contributed by atoms with Crippen molar-refractivity contribution >= 4 is 23.1 Å². The first-order valence-electron chi connectivity index (χ1n) is 11.7. The molecule has 0 saturated heterocycles. The summed E-state index contributed by atoms with van der Waals surface area (Å²) in [6.07, 6.45) is 0.718. The maximum atomic E-state index is 13.4. The van der Waals surface area contributed by atoms with Crippen LogP contribution >= 0.6 is 0 Å². The lowest BCUT2D eigenvalue weighted by Crippen LogP contribution is -2.34. The zero-order valence-electron chi connectivity index (χ0n) is 20.9. The van der Waals surface area contributed by atoms with Gasteiger partial charge in [0.2, 0.25) is 0 Å². The molecule has 1 N–H and O–H groups in total. The largest absolute Gasteiger partial charge is 0.379 e. The Morgan fingerprint density at radius 1 is 0.970 bits per heavy atom. The van der Waals surface area contributed by atoms with E-state index in [1.54, 1.807) is 0 Å². The molecule has 176 valence electrons. The lowest BCUT2D eigenvalue weighted by atomic mass is 9.87. The molecule has 5 heteroatoms. The third-order valence-electron chi connectivity index (χ3n) is 5.82. The molecule has 0 atom stereocenters. The van der Waals surface area contributed by atoms with Crippen molar-refractivity contribution in [1.29, 1.82) is 0 Å². The molecule has 2 aromatic rings. The first-order chi connectivity index (χ1) is 15.5. The maximum Gasteiger partial charge on any atom is 0.278 e. The Balaban J connectivity index is 1.94. The predicted octanol–water partition coefficient (Wildman–Crippen LogP) is 5.61. The third-order valence-corrected chi connectivity index (χ3v) is 5.82. The summed E-state index contributed by atoms with van der Waals surface area (Å²) in [5, 5.41) is 3.27. The Morgan fingerprint density at radius 3 is 2.21 bits per heavy atom. The van der Waals surface area contributed by atoms with Crippen LogP contribution in [0.5, 0.6) is 0 Å². The quantitative estimate of drug-likeness (QED) is 0.421. The number of carbonyl (C=O) groups excluding carboxylic acids is 2. The number of rotatable bonds is 8. The van der Waals surface area contributed by atoms with Gasteiger partial charge in [-0.3, -0.25) is 14.5 Å². The van der Waals surface area contributed by atoms with Crippen LogP contribution in [0.2, 0.25) is 0 Å². The number of aryl methyl sites for hydroxylation is 2. The van der Waals surface area contributed by atoms with Gasteiger partial charge in [-0.05, 0) is 68.4 Å². The van der Waals surface area contributed by atoms with Crippen LogP contribution < -0.4 is 5.32 Å². The summed E-state index contributed by atoms with van der Waals surface area (Å²) in [6.45, 7) is 15.3. The second-order valence-corrected chi connectivity index (χ2v) is 10.1. The summed E-state index contributed by atoms with van der Waals surface area (Å²) in [6, 6.07) is 14.0. The molecular weight excluding hydrogens is 412 g/mol. The standard InChI is InChI=1S/C28H36N2O3/c1-18(2)33-16-8-15-30-26(31)24(23-14-9-19(3)17-20(23)4)25(27(30)32)29-22-12-10-21(11-13-22)28(5,6)7/h9-14,17-18,29H,8,15-16H2,1-7H3. The SMILES string of the molecule is Cc1ccc(C2=C(Nc3ccc(C(C)(C)C)cc3)C(=O)N(CCCOC(C)C)C2=O)c(C)c1. The maximum absolute atomic E-state index is 13.4. The number of amides is 2. The van der Waals surface area contributed by atoms with Crippen molar-refractivity contribution in [3.63, 3.8) is 0 Å². The lowest BCUT2D eigenvalue weighted by molar-refractivity contribution is -0.137. The zero-order chi connectivity index (χ0) is 24.3. The number of nitrogens with zero attached hydrogens (tertiary/aromatic N) is 1. The van der Waals surface area contributed by atoms with Crippen LogP contribution in [0.15, 0.2) is 48.2 Å². The highest BCUT2D eigenvalue weighted by molar-refractivity contribution is 6.36. The summed E-state index contributed by atoms with van der Waals surface area (Å²) in [7, 11) is 0. The van der Waals surface area contributed by atoms with E-state index in [2.05, 4.69) is 38.2 Å². The molecule has 1 aliphatic rings. The van der Waals surface area contributed by atoms with E-state index in [0.717, 1.165) is 22.4 Å². The predicted molar refractivity (Wildman–Crippen MR) is 134 cm³/mol. The molecule has 0 saturated carbocycles. The summed E-state index contributed by atoms with van der Waals surface area (Å²) in [4.78, 5) is 28.2. The van der Waals surface area contributed by atoms with Gasteiger partial charge in [0.05, 0.1) is 11.7 Å². The van der Waals surface area contributed by atoms with E-state index < -0.39 is 0 Å². The van der Waals surface area contributed by atoms with E-state index in [0.29, 0.717) is 30.8 Å². The number of ether oxygens (including phenoxy) is 1. The third kappa shape index (κ3) is 5.72. The van der Waals surface area contributed by atoms with Gasteiger partial charge in [-0.25, -0.2) is 0 Å². The molecule has 0 unspecified atom stereocenters. The van der Waals surface area contributed by atoms with Crippen LogP contribution in [0.25, 0.3) is 5.57 Å². The van der Waals surface area contributed by atoms with Gasteiger partial charge < -0.3 is 10.1 Å². The van der Waals surface area contributed by atoms with Gasteiger partial charge in [0.1, 0.15) is 5.70 Å². The number of carbonyl (C=O) groups is 2. The molecule has 0 spiro atoms. The zero-order valence-corrected chi connectivity index (χ0v) is 20.9. The molecule has 0 radical (unpaired) electrons. The van der Waals surface area contributed by atoms with Crippen molar-refractivity contribution in [3.05, 3.63) is 70.4 Å². The second kappa shape index (κ2) is 9.92. The van der Waals surface area contributed by atoms with Crippen molar-refractivity contribution in [2.24, 2.45) is 0 Å². The van der Waals surface area contributed by atoms with Crippen molar-refractivity contribution in [1.82, 2.24) is 4.90 Å². The average Bonchev–Trinajstić information content (AvgIpc) is 2.95. The molecule has 1 aliphatic heterocycles. The molecule has 33 heavy (non-hydrogen) atoms. The summed E-state index contributed by atoms with van der Waals surface area (Å²) in [5.41, 5.74) is 5.66. The molecule has 2 amide bonds. The van der Waals surface area contributed by atoms with E-state index >= 15 is 0 Å². The van der Waals surface area contributed by atoms with Crippen molar-refractivity contribution in [3.8, 4) is 0 Å². The molecule has 0 bridgehead atoms. The normalized spacial score (nSPS) is 14.6. The molecule has 3 rings (SSSR count). The van der Waals surface area contributed by atoms with Gasteiger partial charge in [-0.1, -0.05) is 56.7 Å². The van der Waals surface area contributed by atoms with Crippen LogP contribution in [0.4, 0.5) is 5.69 Å². The first kappa shape index (κ1) is 24.7. The van der Waals surface area contributed by atoms with Crippen molar-refractivity contribution < 1.29 is 14.3 Å². The number of hydrogen-bond donors (Lipinski definition) is 1. The first-order valence-corrected chi connectivity index (χ1v) is 11.7. The smallest absolute Gasteiger partial charge is 0.278 e. The van der Waals surface area contributed by atoms with Crippen molar-refractivity contribution in [2.75, 3.05) is 18.5 Å². The van der Waals surface area contributed by atoms with Crippen molar-refractivity contribution in [2.45, 2.75) is 66.4 Å². The summed E-state index contributed by atoms with van der Waals surface area (Å²) in [5.74, 6) is -0.551. The fourth-order valence-electron chi connectivity index (χ4n) is 3.98. The average molecular weight is 449 g/mol. The highest BCUT2D eigenvalue weighted by atomic mass is 16.5. The highest BCUT2D eigenvalue weighted by Crippen LogP contribution is 2.33. The fourth-order valence-corrected chi connectivity index (χ4v) is 3.98. The second-order valence-electron chi connectivity index (χ2n) is 10.1. The molecule has 0 aromatic heterocycles. The molecule has 0 fully saturated rings. The number of nitrogens with one attached hydrogen (secondary N) is 1. The van der Waals surface area contributed by atoms with E-state index in [-0.39, 0.29) is 23.3 Å². The van der Waals surface area contributed by atoms with E-state index in [1.807, 2.05) is 58.0 Å². The van der Waals surface area contributed by atoms with Crippen LogP contribution in [-0.4, -0.2) is 36.0 Å². The monoisotopic (exact) mass is 448 g/mol. The number of imide groups is 1. The minimum Gasteiger partial charge on any atom is -0.379 e. The van der Waals surface area contributed by atoms with Gasteiger partial charge >= 0.3 is 0 Å². The van der Waals surface area contributed by atoms with Crippen LogP contribution in [-0.2, 0) is 19.7 Å². The van der Waals surface area contributed by atoms with Crippen LogP contribution in [0.3, 0.4) is 0 Å².